The molecule has 0 aliphatic carbocycles. The summed E-state index contributed by atoms with van der Waals surface area (Å²) in [6.45, 7) is 6.95. The van der Waals surface area contributed by atoms with Crippen LogP contribution in [0.15, 0.2) is 52.9 Å². The minimum absolute atomic E-state index is 0.140. The summed E-state index contributed by atoms with van der Waals surface area (Å²) in [7, 11) is -3.20. The van der Waals surface area contributed by atoms with Crippen LogP contribution in [0.25, 0.3) is 11.0 Å². The number of nitrogens with zero attached hydrogens (tertiary/aromatic N) is 1. The van der Waals surface area contributed by atoms with E-state index in [1.807, 2.05) is 57.2 Å². The Labute approximate surface area is 188 Å². The first-order chi connectivity index (χ1) is 15.3. The SMILES string of the molecule is Cc1c(C(NC(=O)NCc2ccc(N3CCCS3(=O)=O)cc2)C(C)C)oc2ccccc12. The Morgan fingerprint density at radius 3 is 2.47 bits per heavy atom. The first-order valence-electron chi connectivity index (χ1n) is 10.9. The molecule has 1 aliphatic rings. The average molecular weight is 456 g/mol. The van der Waals surface area contributed by atoms with Crippen LogP contribution in [0.3, 0.4) is 0 Å². The molecule has 1 unspecified atom stereocenters. The van der Waals surface area contributed by atoms with E-state index >= 15 is 0 Å². The standard InChI is InChI=1S/C24H29N3O4S/c1-16(2)22(23-17(3)20-7-4-5-8-21(20)31-23)26-24(28)25-15-18-9-11-19(12-10-18)27-13-6-14-32(27,29)30/h4-5,7-12,16,22H,6,13-15H2,1-3H3,(H2,25,26,28). The lowest BCUT2D eigenvalue weighted by Crippen LogP contribution is -2.39. The maximum atomic E-state index is 12.6. The topological polar surface area (TPSA) is 91.7 Å². The first-order valence-corrected chi connectivity index (χ1v) is 12.5. The van der Waals surface area contributed by atoms with Crippen molar-refractivity contribution in [3.63, 3.8) is 0 Å². The summed E-state index contributed by atoms with van der Waals surface area (Å²) in [5.74, 6) is 1.10. The van der Waals surface area contributed by atoms with Gasteiger partial charge >= 0.3 is 6.03 Å². The monoisotopic (exact) mass is 455 g/mol. The summed E-state index contributed by atoms with van der Waals surface area (Å²) in [4.78, 5) is 12.6. The van der Waals surface area contributed by atoms with Gasteiger partial charge in [-0.2, -0.15) is 0 Å². The van der Waals surface area contributed by atoms with E-state index in [2.05, 4.69) is 10.6 Å². The van der Waals surface area contributed by atoms with Gasteiger partial charge in [-0.3, -0.25) is 4.31 Å². The Balaban J connectivity index is 1.40. The smallest absolute Gasteiger partial charge is 0.315 e. The number of para-hydroxylation sites is 1. The predicted octanol–water partition coefficient (Wildman–Crippen LogP) is 4.48. The molecule has 0 radical (unpaired) electrons. The molecule has 0 saturated carbocycles. The van der Waals surface area contributed by atoms with Crippen LogP contribution in [0.4, 0.5) is 10.5 Å². The van der Waals surface area contributed by atoms with Crippen molar-refractivity contribution in [2.45, 2.75) is 39.8 Å². The van der Waals surface area contributed by atoms with Gasteiger partial charge in [-0.25, -0.2) is 13.2 Å². The minimum Gasteiger partial charge on any atom is -0.459 e. The van der Waals surface area contributed by atoms with Crippen molar-refractivity contribution >= 4 is 32.7 Å². The lowest BCUT2D eigenvalue weighted by molar-refractivity contribution is 0.229. The van der Waals surface area contributed by atoms with Gasteiger partial charge in [0, 0.05) is 24.0 Å². The third-order valence-electron chi connectivity index (χ3n) is 5.89. The molecule has 0 bridgehead atoms. The minimum atomic E-state index is -3.20. The number of benzene rings is 2. The Kier molecular flexibility index (Phi) is 6.15. The third kappa shape index (κ3) is 4.46. The van der Waals surface area contributed by atoms with E-state index in [1.54, 1.807) is 12.1 Å². The van der Waals surface area contributed by atoms with Crippen LogP contribution in [0.2, 0.25) is 0 Å². The van der Waals surface area contributed by atoms with E-state index in [-0.39, 0.29) is 23.7 Å². The molecule has 8 heteroatoms. The molecular formula is C24H29N3O4S. The summed E-state index contributed by atoms with van der Waals surface area (Å²) >= 11 is 0. The van der Waals surface area contributed by atoms with Gasteiger partial charge in [0.05, 0.1) is 17.5 Å². The molecule has 2 heterocycles. The van der Waals surface area contributed by atoms with E-state index in [9.17, 15) is 13.2 Å². The molecule has 170 valence electrons. The maximum absolute atomic E-state index is 12.6. The molecule has 3 aromatic rings. The molecule has 2 amide bonds. The fourth-order valence-electron chi connectivity index (χ4n) is 4.11. The number of rotatable bonds is 6. The zero-order valence-corrected chi connectivity index (χ0v) is 19.4. The number of anilines is 1. The molecule has 1 fully saturated rings. The van der Waals surface area contributed by atoms with Gasteiger partial charge in [0.15, 0.2) is 0 Å². The summed E-state index contributed by atoms with van der Waals surface area (Å²) in [5, 5.41) is 6.98. The number of carbonyl (C=O) groups is 1. The number of carbonyl (C=O) groups excluding carboxylic acids is 1. The summed E-state index contributed by atoms with van der Waals surface area (Å²) in [6.07, 6.45) is 0.646. The summed E-state index contributed by atoms with van der Waals surface area (Å²) < 4.78 is 31.7. The second kappa shape index (κ2) is 8.86. The number of hydrogen-bond acceptors (Lipinski definition) is 4. The van der Waals surface area contributed by atoms with Gasteiger partial charge in [0.1, 0.15) is 11.3 Å². The Hall–Kier alpha value is -3.00. The third-order valence-corrected chi connectivity index (χ3v) is 7.76. The van der Waals surface area contributed by atoms with Crippen LogP contribution < -0.4 is 14.9 Å². The quantitative estimate of drug-likeness (QED) is 0.573. The van der Waals surface area contributed by atoms with Gasteiger partial charge < -0.3 is 15.1 Å². The molecule has 1 aliphatic heterocycles. The number of amides is 2. The Morgan fingerprint density at radius 2 is 1.84 bits per heavy atom. The van der Waals surface area contributed by atoms with Gasteiger partial charge in [-0.05, 0) is 43.0 Å². The van der Waals surface area contributed by atoms with Crippen molar-refractivity contribution in [1.29, 1.82) is 0 Å². The molecule has 2 aromatic carbocycles. The van der Waals surface area contributed by atoms with Gasteiger partial charge in [0.2, 0.25) is 10.0 Å². The van der Waals surface area contributed by atoms with Crippen LogP contribution in [-0.4, -0.2) is 26.7 Å². The predicted molar refractivity (Wildman–Crippen MR) is 126 cm³/mol. The molecule has 1 saturated heterocycles. The molecule has 4 rings (SSSR count). The zero-order chi connectivity index (χ0) is 22.9. The summed E-state index contributed by atoms with van der Waals surface area (Å²) in [6, 6.07) is 14.6. The van der Waals surface area contributed by atoms with Crippen molar-refractivity contribution in [3.8, 4) is 0 Å². The molecular weight excluding hydrogens is 426 g/mol. The highest BCUT2D eigenvalue weighted by atomic mass is 32.2. The fraction of sp³-hybridized carbons (Fsp3) is 0.375. The molecule has 1 aromatic heterocycles. The van der Waals surface area contributed by atoms with Crippen LogP contribution >= 0.6 is 0 Å². The highest BCUT2D eigenvalue weighted by Gasteiger charge is 2.28. The number of hydrogen-bond donors (Lipinski definition) is 2. The van der Waals surface area contributed by atoms with E-state index in [0.717, 1.165) is 27.9 Å². The molecule has 7 nitrogen and oxygen atoms in total. The van der Waals surface area contributed by atoms with Gasteiger partial charge in [-0.15, -0.1) is 0 Å². The molecule has 2 N–H and O–H groups in total. The van der Waals surface area contributed by atoms with Crippen LogP contribution in [0, 0.1) is 12.8 Å². The van der Waals surface area contributed by atoms with Crippen LogP contribution in [0.1, 0.15) is 43.2 Å². The van der Waals surface area contributed by atoms with Crippen molar-refractivity contribution in [2.24, 2.45) is 5.92 Å². The zero-order valence-electron chi connectivity index (χ0n) is 18.6. The van der Waals surface area contributed by atoms with Crippen molar-refractivity contribution < 1.29 is 17.6 Å². The van der Waals surface area contributed by atoms with Crippen molar-refractivity contribution in [2.75, 3.05) is 16.6 Å². The molecule has 32 heavy (non-hydrogen) atoms. The highest BCUT2D eigenvalue weighted by Crippen LogP contribution is 2.32. The maximum Gasteiger partial charge on any atom is 0.315 e. The van der Waals surface area contributed by atoms with Gasteiger partial charge in [0.25, 0.3) is 0 Å². The number of fused-ring (bicyclic) bond motifs is 1. The lowest BCUT2D eigenvalue weighted by Gasteiger charge is -2.21. The first kappa shape index (κ1) is 22.2. The number of urea groups is 1. The van der Waals surface area contributed by atoms with E-state index in [1.165, 1.54) is 4.31 Å². The van der Waals surface area contributed by atoms with E-state index in [4.69, 9.17) is 4.42 Å². The number of sulfonamides is 1. The van der Waals surface area contributed by atoms with Crippen LogP contribution in [-0.2, 0) is 16.6 Å². The second-order valence-corrected chi connectivity index (χ2v) is 10.6. The number of furan rings is 1. The lowest BCUT2D eigenvalue weighted by atomic mass is 9.98. The Bertz CT molecular complexity index is 1220. The highest BCUT2D eigenvalue weighted by molar-refractivity contribution is 7.93. The van der Waals surface area contributed by atoms with Crippen molar-refractivity contribution in [3.05, 3.63) is 65.4 Å². The van der Waals surface area contributed by atoms with E-state index in [0.29, 0.717) is 25.2 Å². The second-order valence-electron chi connectivity index (χ2n) is 8.54. The Morgan fingerprint density at radius 1 is 1.12 bits per heavy atom. The number of nitrogens with one attached hydrogen (secondary N) is 2. The fourth-order valence-corrected chi connectivity index (χ4v) is 5.67. The van der Waals surface area contributed by atoms with Gasteiger partial charge in [-0.1, -0.05) is 44.2 Å². The normalized spacial score (nSPS) is 16.4. The molecule has 1 atom stereocenters. The van der Waals surface area contributed by atoms with Crippen molar-refractivity contribution in [1.82, 2.24) is 10.6 Å². The van der Waals surface area contributed by atoms with E-state index < -0.39 is 10.0 Å². The average Bonchev–Trinajstić information content (AvgIpc) is 3.29. The largest absolute Gasteiger partial charge is 0.459 e. The molecule has 0 spiro atoms. The van der Waals surface area contributed by atoms with Crippen LogP contribution in [0.5, 0.6) is 0 Å². The number of aryl methyl sites for hydroxylation is 1. The summed E-state index contributed by atoms with van der Waals surface area (Å²) in [5.41, 5.74) is 3.40.